The van der Waals surface area contributed by atoms with Crippen molar-refractivity contribution in [1.29, 1.82) is 0 Å². The van der Waals surface area contributed by atoms with E-state index in [1.807, 2.05) is 13.8 Å². The maximum atomic E-state index is 13.4. The molecule has 0 saturated heterocycles. The Labute approximate surface area is 112 Å². The summed E-state index contributed by atoms with van der Waals surface area (Å²) in [5, 5.41) is 2.66. The molecule has 0 radical (unpaired) electrons. The SMILES string of the molecule is CC(C)CC(NC(=O)c1ccccc1F)C(N)=S. The van der Waals surface area contributed by atoms with E-state index < -0.39 is 17.8 Å². The summed E-state index contributed by atoms with van der Waals surface area (Å²) in [6.45, 7) is 4.00. The van der Waals surface area contributed by atoms with E-state index in [0.29, 0.717) is 12.3 Å². The first-order chi connectivity index (χ1) is 8.41. The molecule has 0 spiro atoms. The highest BCUT2D eigenvalue weighted by molar-refractivity contribution is 7.80. The topological polar surface area (TPSA) is 55.1 Å². The van der Waals surface area contributed by atoms with Gasteiger partial charge in [0.05, 0.1) is 16.6 Å². The molecular weight excluding hydrogens is 251 g/mol. The minimum Gasteiger partial charge on any atom is -0.392 e. The molecule has 0 fully saturated rings. The van der Waals surface area contributed by atoms with Crippen LogP contribution in [0.2, 0.25) is 0 Å². The number of hydrogen-bond donors (Lipinski definition) is 2. The summed E-state index contributed by atoms with van der Waals surface area (Å²) in [7, 11) is 0. The zero-order valence-corrected chi connectivity index (χ0v) is 11.3. The van der Waals surface area contributed by atoms with E-state index in [0.717, 1.165) is 0 Å². The van der Waals surface area contributed by atoms with Crippen LogP contribution in [0.5, 0.6) is 0 Å². The van der Waals surface area contributed by atoms with Crippen molar-refractivity contribution in [2.24, 2.45) is 11.7 Å². The molecule has 3 nitrogen and oxygen atoms in total. The van der Waals surface area contributed by atoms with Crippen LogP contribution in [0.15, 0.2) is 24.3 Å². The Morgan fingerprint density at radius 1 is 1.44 bits per heavy atom. The molecule has 18 heavy (non-hydrogen) atoms. The number of halogens is 1. The first-order valence-corrected chi connectivity index (χ1v) is 6.17. The van der Waals surface area contributed by atoms with Crippen LogP contribution in [-0.2, 0) is 0 Å². The molecule has 5 heteroatoms. The zero-order valence-electron chi connectivity index (χ0n) is 10.4. The van der Waals surface area contributed by atoms with Crippen LogP contribution in [0, 0.1) is 11.7 Å². The summed E-state index contributed by atoms with van der Waals surface area (Å²) in [6, 6.07) is 5.40. The zero-order chi connectivity index (χ0) is 13.7. The monoisotopic (exact) mass is 268 g/mol. The highest BCUT2D eigenvalue weighted by Crippen LogP contribution is 2.09. The first-order valence-electron chi connectivity index (χ1n) is 5.76. The predicted octanol–water partition coefficient (Wildman–Crippen LogP) is 2.26. The minimum absolute atomic E-state index is 0.00232. The molecular formula is C13H17FN2OS. The highest BCUT2D eigenvalue weighted by atomic mass is 32.1. The molecule has 0 aliphatic heterocycles. The average molecular weight is 268 g/mol. The second kappa shape index (κ2) is 6.44. The quantitative estimate of drug-likeness (QED) is 0.805. The number of thiocarbonyl (C=S) groups is 1. The lowest BCUT2D eigenvalue weighted by atomic mass is 10.0. The Bertz CT molecular complexity index is 448. The van der Waals surface area contributed by atoms with E-state index in [1.165, 1.54) is 18.2 Å². The van der Waals surface area contributed by atoms with Gasteiger partial charge in [-0.05, 0) is 24.5 Å². The Balaban J connectivity index is 2.79. The number of nitrogens with one attached hydrogen (secondary N) is 1. The summed E-state index contributed by atoms with van der Waals surface area (Å²) in [5.41, 5.74) is 5.57. The molecule has 0 bridgehead atoms. The molecule has 0 aromatic heterocycles. The lowest BCUT2D eigenvalue weighted by molar-refractivity contribution is 0.0940. The molecule has 1 aromatic carbocycles. The molecule has 0 heterocycles. The third kappa shape index (κ3) is 4.07. The van der Waals surface area contributed by atoms with Gasteiger partial charge in [-0.3, -0.25) is 4.79 Å². The van der Waals surface area contributed by atoms with Crippen molar-refractivity contribution in [2.45, 2.75) is 26.3 Å². The van der Waals surface area contributed by atoms with Gasteiger partial charge in [-0.2, -0.15) is 0 Å². The number of nitrogens with two attached hydrogens (primary N) is 1. The van der Waals surface area contributed by atoms with Crippen molar-refractivity contribution in [3.8, 4) is 0 Å². The third-order valence-electron chi connectivity index (χ3n) is 2.47. The average Bonchev–Trinajstić information content (AvgIpc) is 2.27. The van der Waals surface area contributed by atoms with Gasteiger partial charge in [-0.25, -0.2) is 4.39 Å². The van der Waals surface area contributed by atoms with Crippen molar-refractivity contribution in [3.05, 3.63) is 35.6 Å². The van der Waals surface area contributed by atoms with Crippen molar-refractivity contribution in [2.75, 3.05) is 0 Å². The van der Waals surface area contributed by atoms with Gasteiger partial charge in [-0.15, -0.1) is 0 Å². The van der Waals surface area contributed by atoms with Crippen LogP contribution in [0.3, 0.4) is 0 Å². The van der Waals surface area contributed by atoms with Gasteiger partial charge in [0.15, 0.2) is 0 Å². The number of carbonyl (C=O) groups excluding carboxylic acids is 1. The van der Waals surface area contributed by atoms with Crippen LogP contribution in [0.25, 0.3) is 0 Å². The number of rotatable bonds is 5. The molecule has 3 N–H and O–H groups in total. The van der Waals surface area contributed by atoms with E-state index >= 15 is 0 Å². The molecule has 98 valence electrons. The van der Waals surface area contributed by atoms with Crippen LogP contribution in [0.1, 0.15) is 30.6 Å². The summed E-state index contributed by atoms with van der Waals surface area (Å²) in [4.78, 5) is 12.1. The summed E-state index contributed by atoms with van der Waals surface area (Å²) < 4.78 is 13.4. The van der Waals surface area contributed by atoms with E-state index in [9.17, 15) is 9.18 Å². The molecule has 0 aliphatic rings. The maximum Gasteiger partial charge on any atom is 0.254 e. The van der Waals surface area contributed by atoms with Gasteiger partial charge in [0.25, 0.3) is 5.91 Å². The molecule has 1 aromatic rings. The smallest absolute Gasteiger partial charge is 0.254 e. The molecule has 0 aliphatic carbocycles. The van der Waals surface area contributed by atoms with Gasteiger partial charge >= 0.3 is 0 Å². The van der Waals surface area contributed by atoms with Crippen LogP contribution >= 0.6 is 12.2 Å². The third-order valence-corrected chi connectivity index (χ3v) is 2.76. The van der Waals surface area contributed by atoms with Crippen LogP contribution in [0.4, 0.5) is 4.39 Å². The van der Waals surface area contributed by atoms with Gasteiger partial charge < -0.3 is 11.1 Å². The lowest BCUT2D eigenvalue weighted by Crippen LogP contribution is -2.44. The van der Waals surface area contributed by atoms with Crippen LogP contribution in [-0.4, -0.2) is 16.9 Å². The van der Waals surface area contributed by atoms with Gasteiger partial charge in [0.2, 0.25) is 0 Å². The predicted molar refractivity (Wildman–Crippen MR) is 73.9 cm³/mol. The van der Waals surface area contributed by atoms with Gasteiger partial charge in [0.1, 0.15) is 5.82 Å². The molecule has 1 atom stereocenters. The second-order valence-electron chi connectivity index (χ2n) is 4.54. The fourth-order valence-corrected chi connectivity index (χ4v) is 1.75. The van der Waals surface area contributed by atoms with Gasteiger partial charge in [0, 0.05) is 0 Å². The maximum absolute atomic E-state index is 13.4. The normalized spacial score (nSPS) is 12.2. The first kappa shape index (κ1) is 14.6. The minimum atomic E-state index is -0.554. The highest BCUT2D eigenvalue weighted by Gasteiger charge is 2.19. The van der Waals surface area contributed by atoms with Crippen molar-refractivity contribution in [1.82, 2.24) is 5.32 Å². The Morgan fingerprint density at radius 3 is 2.56 bits per heavy atom. The molecule has 0 saturated carbocycles. The van der Waals surface area contributed by atoms with Crippen molar-refractivity contribution >= 4 is 23.1 Å². The van der Waals surface area contributed by atoms with E-state index in [1.54, 1.807) is 6.07 Å². The van der Waals surface area contributed by atoms with E-state index in [-0.39, 0.29) is 10.6 Å². The number of benzene rings is 1. The fraction of sp³-hybridized carbons (Fsp3) is 0.385. The second-order valence-corrected chi connectivity index (χ2v) is 5.01. The summed E-state index contributed by atoms with van der Waals surface area (Å²) in [5.74, 6) is -0.717. The Kier molecular flexibility index (Phi) is 5.22. The summed E-state index contributed by atoms with van der Waals surface area (Å²) in [6.07, 6.45) is 0.634. The van der Waals surface area contributed by atoms with Crippen LogP contribution < -0.4 is 11.1 Å². The van der Waals surface area contributed by atoms with Crippen molar-refractivity contribution < 1.29 is 9.18 Å². The summed E-state index contributed by atoms with van der Waals surface area (Å²) >= 11 is 4.91. The standard InChI is InChI=1S/C13H17FN2OS/c1-8(2)7-11(12(15)18)16-13(17)9-5-3-4-6-10(9)14/h3-6,8,11H,7H2,1-2H3,(H2,15,18)(H,16,17). The fourth-order valence-electron chi connectivity index (χ4n) is 1.60. The Hall–Kier alpha value is -1.49. The van der Waals surface area contributed by atoms with Crippen molar-refractivity contribution in [3.63, 3.8) is 0 Å². The largest absolute Gasteiger partial charge is 0.392 e. The lowest BCUT2D eigenvalue weighted by Gasteiger charge is -2.19. The van der Waals surface area contributed by atoms with E-state index in [4.69, 9.17) is 18.0 Å². The Morgan fingerprint density at radius 2 is 2.06 bits per heavy atom. The van der Waals surface area contributed by atoms with Gasteiger partial charge in [-0.1, -0.05) is 38.2 Å². The van der Waals surface area contributed by atoms with E-state index in [2.05, 4.69) is 5.32 Å². The molecule has 1 unspecified atom stereocenters. The number of hydrogen-bond acceptors (Lipinski definition) is 2. The number of carbonyl (C=O) groups is 1. The molecule has 1 amide bonds. The molecule has 1 rings (SSSR count). The number of amides is 1.